The molecule has 0 aliphatic heterocycles. The van der Waals surface area contributed by atoms with Gasteiger partial charge in [0.25, 0.3) is 0 Å². The molecular formula is C7H5FINO. The van der Waals surface area contributed by atoms with Crippen molar-refractivity contribution in [2.75, 3.05) is 5.32 Å². The van der Waals surface area contributed by atoms with Crippen LogP contribution in [0.3, 0.4) is 0 Å². The lowest BCUT2D eigenvalue weighted by molar-refractivity contribution is -0.105. The Morgan fingerprint density at radius 3 is 2.82 bits per heavy atom. The Balaban J connectivity index is 2.98. The van der Waals surface area contributed by atoms with Crippen LogP contribution in [0.4, 0.5) is 10.1 Å². The molecule has 0 heterocycles. The quantitative estimate of drug-likeness (QED) is 0.643. The van der Waals surface area contributed by atoms with E-state index < -0.39 is 5.82 Å². The summed E-state index contributed by atoms with van der Waals surface area (Å²) in [5.74, 6) is -0.413. The lowest BCUT2D eigenvalue weighted by atomic mass is 10.3. The van der Waals surface area contributed by atoms with Crippen molar-refractivity contribution >= 4 is 34.7 Å². The molecule has 0 spiro atoms. The second kappa shape index (κ2) is 3.66. The molecule has 0 radical (unpaired) electrons. The van der Waals surface area contributed by atoms with E-state index in [9.17, 15) is 9.18 Å². The minimum Gasteiger partial charge on any atom is -0.326 e. The molecule has 11 heavy (non-hydrogen) atoms. The number of benzene rings is 1. The Hall–Kier alpha value is -0.650. The molecule has 2 nitrogen and oxygen atoms in total. The predicted octanol–water partition coefficient (Wildman–Crippen LogP) is 2.00. The van der Waals surface area contributed by atoms with Crippen molar-refractivity contribution in [3.05, 3.63) is 27.6 Å². The number of nitrogens with one attached hydrogen (secondary N) is 1. The lowest BCUT2D eigenvalue weighted by Gasteiger charge is -1.99. The van der Waals surface area contributed by atoms with Gasteiger partial charge in [0.15, 0.2) is 0 Å². The Kier molecular flexibility index (Phi) is 2.81. The molecule has 0 saturated heterocycles. The predicted molar refractivity (Wildman–Crippen MR) is 48.8 cm³/mol. The van der Waals surface area contributed by atoms with Crippen LogP contribution in [0.25, 0.3) is 0 Å². The first-order valence-electron chi connectivity index (χ1n) is 2.89. The first kappa shape index (κ1) is 8.45. The van der Waals surface area contributed by atoms with E-state index in [-0.39, 0.29) is 5.69 Å². The second-order valence-electron chi connectivity index (χ2n) is 1.89. The molecule has 4 heteroatoms. The molecule has 0 unspecified atom stereocenters. The molecule has 0 saturated carbocycles. The number of hydrogen-bond acceptors (Lipinski definition) is 1. The summed E-state index contributed by atoms with van der Waals surface area (Å²) >= 11 is 1.99. The molecule has 1 rings (SSSR count). The zero-order valence-corrected chi connectivity index (χ0v) is 7.63. The molecule has 0 atom stereocenters. The Bertz CT molecular complexity index is 277. The van der Waals surface area contributed by atoms with Gasteiger partial charge in [-0.1, -0.05) is 0 Å². The lowest BCUT2D eigenvalue weighted by Crippen LogP contribution is -1.96. The van der Waals surface area contributed by atoms with Crippen molar-refractivity contribution in [2.45, 2.75) is 0 Å². The fourth-order valence-electron chi connectivity index (χ4n) is 0.670. The van der Waals surface area contributed by atoms with Crippen LogP contribution in [0.1, 0.15) is 0 Å². The molecule has 0 aromatic heterocycles. The van der Waals surface area contributed by atoms with Gasteiger partial charge in [-0.2, -0.15) is 0 Å². The Labute approximate surface area is 76.9 Å². The van der Waals surface area contributed by atoms with Crippen LogP contribution in [-0.2, 0) is 4.79 Å². The maximum atomic E-state index is 12.8. The number of rotatable bonds is 2. The minimum absolute atomic E-state index is 0.209. The van der Waals surface area contributed by atoms with Crippen molar-refractivity contribution in [1.29, 1.82) is 0 Å². The SMILES string of the molecule is O=CNc1ccc(I)cc1F. The number of carbonyl (C=O) groups is 1. The van der Waals surface area contributed by atoms with E-state index in [1.165, 1.54) is 12.1 Å². The number of hydrogen-bond donors (Lipinski definition) is 1. The minimum atomic E-state index is -0.413. The van der Waals surface area contributed by atoms with Crippen LogP contribution >= 0.6 is 22.6 Å². The van der Waals surface area contributed by atoms with Gasteiger partial charge in [-0.05, 0) is 40.8 Å². The fraction of sp³-hybridized carbons (Fsp3) is 0. The molecule has 1 aromatic carbocycles. The summed E-state index contributed by atoms with van der Waals surface area (Å²) < 4.78 is 13.6. The van der Waals surface area contributed by atoms with Crippen molar-refractivity contribution in [3.63, 3.8) is 0 Å². The number of halogens is 2. The average molecular weight is 265 g/mol. The monoisotopic (exact) mass is 265 g/mol. The largest absolute Gasteiger partial charge is 0.326 e. The normalized spacial score (nSPS) is 9.27. The van der Waals surface area contributed by atoms with Crippen LogP contribution in [0, 0.1) is 9.39 Å². The molecule has 0 aliphatic rings. The third kappa shape index (κ3) is 2.14. The van der Waals surface area contributed by atoms with Gasteiger partial charge in [0.2, 0.25) is 6.41 Å². The van der Waals surface area contributed by atoms with E-state index in [4.69, 9.17) is 0 Å². The van der Waals surface area contributed by atoms with E-state index in [0.29, 0.717) is 6.41 Å². The van der Waals surface area contributed by atoms with E-state index in [2.05, 4.69) is 5.32 Å². The smallest absolute Gasteiger partial charge is 0.211 e. The van der Waals surface area contributed by atoms with Gasteiger partial charge < -0.3 is 5.32 Å². The summed E-state index contributed by atoms with van der Waals surface area (Å²) in [6.45, 7) is 0. The molecule has 0 bridgehead atoms. The van der Waals surface area contributed by atoms with Gasteiger partial charge in [0.1, 0.15) is 5.82 Å². The van der Waals surface area contributed by atoms with E-state index >= 15 is 0 Å². The van der Waals surface area contributed by atoms with Crippen molar-refractivity contribution in [3.8, 4) is 0 Å². The van der Waals surface area contributed by atoms with Gasteiger partial charge in [0, 0.05) is 3.57 Å². The summed E-state index contributed by atoms with van der Waals surface area (Å²) in [4.78, 5) is 9.93. The standard InChI is InChI=1S/C7H5FINO/c8-6-3-5(9)1-2-7(6)10-4-11/h1-4H,(H,10,11). The number of carbonyl (C=O) groups excluding carboxylic acids is 1. The van der Waals surface area contributed by atoms with E-state index in [1.54, 1.807) is 6.07 Å². The number of amides is 1. The van der Waals surface area contributed by atoms with Crippen molar-refractivity contribution < 1.29 is 9.18 Å². The molecule has 1 N–H and O–H groups in total. The highest BCUT2D eigenvalue weighted by atomic mass is 127. The van der Waals surface area contributed by atoms with Crippen LogP contribution in [0.2, 0.25) is 0 Å². The van der Waals surface area contributed by atoms with Gasteiger partial charge in [-0.3, -0.25) is 4.79 Å². The number of anilines is 1. The summed E-state index contributed by atoms with van der Waals surface area (Å²) in [5.41, 5.74) is 0.209. The van der Waals surface area contributed by atoms with E-state index in [0.717, 1.165) is 3.57 Å². The highest BCUT2D eigenvalue weighted by molar-refractivity contribution is 14.1. The maximum Gasteiger partial charge on any atom is 0.211 e. The maximum absolute atomic E-state index is 12.8. The second-order valence-corrected chi connectivity index (χ2v) is 3.13. The first-order valence-corrected chi connectivity index (χ1v) is 3.97. The molecule has 58 valence electrons. The van der Waals surface area contributed by atoms with Crippen LogP contribution < -0.4 is 5.32 Å². The topological polar surface area (TPSA) is 29.1 Å². The summed E-state index contributed by atoms with van der Waals surface area (Å²) in [6, 6.07) is 4.59. The third-order valence-electron chi connectivity index (χ3n) is 1.15. The Morgan fingerprint density at radius 1 is 1.55 bits per heavy atom. The molecule has 1 amide bonds. The van der Waals surface area contributed by atoms with Crippen LogP contribution in [-0.4, -0.2) is 6.41 Å². The Morgan fingerprint density at radius 2 is 2.27 bits per heavy atom. The zero-order valence-electron chi connectivity index (χ0n) is 5.47. The van der Waals surface area contributed by atoms with Gasteiger partial charge in [0.05, 0.1) is 5.69 Å². The average Bonchev–Trinajstić information content (AvgIpc) is 1.95. The first-order chi connectivity index (χ1) is 5.24. The van der Waals surface area contributed by atoms with Gasteiger partial charge in [-0.15, -0.1) is 0 Å². The highest BCUT2D eigenvalue weighted by Crippen LogP contribution is 2.15. The van der Waals surface area contributed by atoms with Crippen LogP contribution in [0.15, 0.2) is 18.2 Å². The third-order valence-corrected chi connectivity index (χ3v) is 1.82. The summed E-state index contributed by atoms with van der Waals surface area (Å²) in [7, 11) is 0. The van der Waals surface area contributed by atoms with Crippen molar-refractivity contribution in [2.24, 2.45) is 0 Å². The van der Waals surface area contributed by atoms with E-state index in [1.807, 2.05) is 22.6 Å². The zero-order chi connectivity index (χ0) is 8.27. The molecular weight excluding hydrogens is 260 g/mol. The van der Waals surface area contributed by atoms with Crippen molar-refractivity contribution in [1.82, 2.24) is 0 Å². The molecule has 1 aromatic rings. The van der Waals surface area contributed by atoms with Gasteiger partial charge in [-0.25, -0.2) is 4.39 Å². The summed E-state index contributed by atoms with van der Waals surface area (Å²) in [6.07, 6.45) is 0.450. The van der Waals surface area contributed by atoms with Gasteiger partial charge >= 0.3 is 0 Å². The summed E-state index contributed by atoms with van der Waals surface area (Å²) in [5, 5.41) is 2.24. The highest BCUT2D eigenvalue weighted by Gasteiger charge is 1.99. The van der Waals surface area contributed by atoms with Crippen LogP contribution in [0.5, 0.6) is 0 Å². The molecule has 0 fully saturated rings. The molecule has 0 aliphatic carbocycles. The fourth-order valence-corrected chi connectivity index (χ4v) is 1.12.